The number of urea groups is 1. The first-order chi connectivity index (χ1) is 13.0. The fraction of sp³-hybridized carbons (Fsp3) is 0.316. The lowest BCUT2D eigenvalue weighted by molar-refractivity contribution is 0.194. The number of rotatable bonds is 5. The molecule has 2 aromatic carbocycles. The number of nitrogens with one attached hydrogen (secondary N) is 2. The van der Waals surface area contributed by atoms with Gasteiger partial charge in [-0.05, 0) is 36.9 Å². The predicted octanol–water partition coefficient (Wildman–Crippen LogP) is 1.63. The summed E-state index contributed by atoms with van der Waals surface area (Å²) in [4.78, 5) is 16.7. The second-order valence-electron chi connectivity index (χ2n) is 6.32. The Morgan fingerprint density at radius 3 is 2.37 bits per heavy atom. The van der Waals surface area contributed by atoms with E-state index in [9.17, 15) is 13.2 Å². The molecule has 0 unspecified atom stereocenters. The summed E-state index contributed by atoms with van der Waals surface area (Å²) in [5.41, 5.74) is 1.91. The normalized spacial score (nSPS) is 14.9. The van der Waals surface area contributed by atoms with E-state index in [4.69, 9.17) is 0 Å². The van der Waals surface area contributed by atoms with Gasteiger partial charge in [-0.25, -0.2) is 17.9 Å². The lowest BCUT2D eigenvalue weighted by Gasteiger charge is -2.36. The van der Waals surface area contributed by atoms with Gasteiger partial charge in [0.25, 0.3) is 0 Å². The van der Waals surface area contributed by atoms with E-state index >= 15 is 0 Å². The van der Waals surface area contributed by atoms with Crippen LogP contribution < -0.4 is 14.9 Å². The van der Waals surface area contributed by atoms with Crippen molar-refractivity contribution in [1.82, 2.24) is 14.9 Å². The van der Waals surface area contributed by atoms with Gasteiger partial charge in [-0.3, -0.25) is 0 Å². The minimum absolute atomic E-state index is 0.135. The summed E-state index contributed by atoms with van der Waals surface area (Å²) in [6, 6.07) is 16.6. The molecule has 0 bridgehead atoms. The molecule has 2 N–H and O–H groups in total. The van der Waals surface area contributed by atoms with Gasteiger partial charge in [0.1, 0.15) is 0 Å². The summed E-state index contributed by atoms with van der Waals surface area (Å²) in [6.45, 7) is 3.15. The number of amides is 2. The molecule has 1 saturated heterocycles. The molecule has 0 aliphatic carbocycles. The summed E-state index contributed by atoms with van der Waals surface area (Å²) in [5.74, 6) is 0. The quantitative estimate of drug-likeness (QED) is 0.816. The molecule has 1 fully saturated rings. The predicted molar refractivity (Wildman–Crippen MR) is 105 cm³/mol. The van der Waals surface area contributed by atoms with Crippen LogP contribution >= 0.6 is 0 Å². The lowest BCUT2D eigenvalue weighted by atomic mass is 10.2. The van der Waals surface area contributed by atoms with Crippen molar-refractivity contribution in [3.05, 3.63) is 60.2 Å². The largest absolute Gasteiger partial charge is 0.368 e. The Kier molecular flexibility index (Phi) is 5.98. The number of nitrogens with zero attached hydrogens (tertiary/aromatic N) is 2. The van der Waals surface area contributed by atoms with Gasteiger partial charge >= 0.3 is 6.03 Å². The third-order valence-electron chi connectivity index (χ3n) is 4.61. The molecular weight excluding hydrogens is 364 g/mol. The monoisotopic (exact) mass is 388 g/mol. The molecule has 0 saturated carbocycles. The van der Waals surface area contributed by atoms with Crippen LogP contribution in [0.2, 0.25) is 0 Å². The van der Waals surface area contributed by atoms with E-state index in [1.54, 1.807) is 23.1 Å². The summed E-state index contributed by atoms with van der Waals surface area (Å²) in [5, 5.41) is 2.87. The van der Waals surface area contributed by atoms with Crippen molar-refractivity contribution in [2.24, 2.45) is 0 Å². The standard InChI is InChI=1S/C19H24N4O3S/c1-20-27(25,26)18-9-5-6-16(14-18)15-21-19(24)23-12-10-22(11-13-23)17-7-3-2-4-8-17/h2-9,14,20H,10-13,15H2,1H3,(H,21,24). The molecule has 0 atom stereocenters. The lowest BCUT2D eigenvalue weighted by Crippen LogP contribution is -2.51. The van der Waals surface area contributed by atoms with Crippen LogP contribution in [0.25, 0.3) is 0 Å². The second-order valence-corrected chi connectivity index (χ2v) is 8.21. The van der Waals surface area contributed by atoms with Crippen LogP contribution in [0.5, 0.6) is 0 Å². The maximum Gasteiger partial charge on any atom is 0.317 e. The Morgan fingerprint density at radius 2 is 1.70 bits per heavy atom. The summed E-state index contributed by atoms with van der Waals surface area (Å²) >= 11 is 0. The second kappa shape index (κ2) is 8.41. The van der Waals surface area contributed by atoms with E-state index < -0.39 is 10.0 Å². The minimum atomic E-state index is -3.49. The number of anilines is 1. The first-order valence-electron chi connectivity index (χ1n) is 8.85. The number of para-hydroxylation sites is 1. The zero-order chi connectivity index (χ0) is 19.3. The maximum absolute atomic E-state index is 12.4. The highest BCUT2D eigenvalue weighted by Crippen LogP contribution is 2.16. The topological polar surface area (TPSA) is 81.8 Å². The van der Waals surface area contributed by atoms with E-state index in [-0.39, 0.29) is 17.5 Å². The zero-order valence-corrected chi connectivity index (χ0v) is 16.1. The van der Waals surface area contributed by atoms with Gasteiger partial charge in [-0.2, -0.15) is 0 Å². The SMILES string of the molecule is CNS(=O)(=O)c1cccc(CNC(=O)N2CCN(c3ccccc3)CC2)c1. The summed E-state index contributed by atoms with van der Waals surface area (Å²) in [6.07, 6.45) is 0. The molecule has 2 amide bonds. The highest BCUT2D eigenvalue weighted by atomic mass is 32.2. The number of carbonyl (C=O) groups is 1. The van der Waals surface area contributed by atoms with Crippen LogP contribution in [0, 0.1) is 0 Å². The van der Waals surface area contributed by atoms with Crippen LogP contribution in [0.3, 0.4) is 0 Å². The third-order valence-corrected chi connectivity index (χ3v) is 6.02. The van der Waals surface area contributed by atoms with Crippen molar-refractivity contribution in [2.45, 2.75) is 11.4 Å². The first kappa shape index (κ1) is 19.2. The number of hydrogen-bond donors (Lipinski definition) is 2. The summed E-state index contributed by atoms with van der Waals surface area (Å²) < 4.78 is 26.0. The van der Waals surface area contributed by atoms with Crippen molar-refractivity contribution in [3.8, 4) is 0 Å². The molecule has 0 aromatic heterocycles. The zero-order valence-electron chi connectivity index (χ0n) is 15.3. The highest BCUT2D eigenvalue weighted by molar-refractivity contribution is 7.89. The third kappa shape index (κ3) is 4.78. The van der Waals surface area contributed by atoms with Gasteiger partial charge in [0, 0.05) is 38.4 Å². The van der Waals surface area contributed by atoms with Crippen molar-refractivity contribution in [3.63, 3.8) is 0 Å². The average molecular weight is 388 g/mol. The average Bonchev–Trinajstić information content (AvgIpc) is 2.73. The molecule has 1 heterocycles. The van der Waals surface area contributed by atoms with Gasteiger partial charge in [-0.1, -0.05) is 30.3 Å². The van der Waals surface area contributed by atoms with Gasteiger partial charge in [0.2, 0.25) is 10.0 Å². The minimum Gasteiger partial charge on any atom is -0.368 e. The Labute approximate surface area is 160 Å². The smallest absolute Gasteiger partial charge is 0.317 e. The molecule has 7 nitrogen and oxygen atoms in total. The van der Waals surface area contributed by atoms with Crippen LogP contribution in [0.15, 0.2) is 59.5 Å². The molecule has 0 spiro atoms. The van der Waals surface area contributed by atoms with Crippen LogP contribution in [0.1, 0.15) is 5.56 Å². The Bertz CT molecular complexity index is 879. The number of carbonyl (C=O) groups excluding carboxylic acids is 1. The van der Waals surface area contributed by atoms with Crippen molar-refractivity contribution in [2.75, 3.05) is 38.1 Å². The van der Waals surface area contributed by atoms with Crippen molar-refractivity contribution in [1.29, 1.82) is 0 Å². The van der Waals surface area contributed by atoms with Crippen LogP contribution in [-0.4, -0.2) is 52.6 Å². The molecule has 1 aliphatic rings. The number of sulfonamides is 1. The number of hydrogen-bond acceptors (Lipinski definition) is 4. The van der Waals surface area contributed by atoms with Crippen LogP contribution in [-0.2, 0) is 16.6 Å². The molecular formula is C19H24N4O3S. The maximum atomic E-state index is 12.4. The summed E-state index contributed by atoms with van der Waals surface area (Å²) in [7, 11) is -2.12. The molecule has 3 rings (SSSR count). The van der Waals surface area contributed by atoms with E-state index in [0.29, 0.717) is 13.1 Å². The number of piperazine rings is 1. The highest BCUT2D eigenvalue weighted by Gasteiger charge is 2.21. The van der Waals surface area contributed by atoms with Crippen molar-refractivity contribution >= 4 is 21.7 Å². The Balaban J connectivity index is 1.53. The Hall–Kier alpha value is -2.58. The van der Waals surface area contributed by atoms with Gasteiger partial charge in [-0.15, -0.1) is 0 Å². The molecule has 1 aliphatic heterocycles. The number of benzene rings is 2. The van der Waals surface area contributed by atoms with Gasteiger partial charge in [0.05, 0.1) is 4.90 Å². The fourth-order valence-electron chi connectivity index (χ4n) is 3.04. The Morgan fingerprint density at radius 1 is 1.00 bits per heavy atom. The fourth-order valence-corrected chi connectivity index (χ4v) is 3.84. The van der Waals surface area contributed by atoms with E-state index in [1.807, 2.05) is 18.2 Å². The van der Waals surface area contributed by atoms with Gasteiger partial charge in [0.15, 0.2) is 0 Å². The molecule has 8 heteroatoms. The molecule has 27 heavy (non-hydrogen) atoms. The van der Waals surface area contributed by atoms with Crippen molar-refractivity contribution < 1.29 is 13.2 Å². The van der Waals surface area contributed by atoms with Crippen LogP contribution in [0.4, 0.5) is 10.5 Å². The van der Waals surface area contributed by atoms with E-state index in [0.717, 1.165) is 18.7 Å². The van der Waals surface area contributed by atoms with E-state index in [2.05, 4.69) is 27.1 Å². The van der Waals surface area contributed by atoms with E-state index in [1.165, 1.54) is 18.8 Å². The van der Waals surface area contributed by atoms with Gasteiger partial charge < -0.3 is 15.1 Å². The first-order valence-corrected chi connectivity index (χ1v) is 10.3. The molecule has 144 valence electrons. The molecule has 0 radical (unpaired) electrons. The molecule has 2 aromatic rings.